The van der Waals surface area contributed by atoms with E-state index in [-0.39, 0.29) is 0 Å². The smallest absolute Gasteiger partial charge is 0.128 e. The van der Waals surface area contributed by atoms with Gasteiger partial charge in [0, 0.05) is 13.1 Å². The van der Waals surface area contributed by atoms with Crippen LogP contribution in [0, 0.1) is 0 Å². The molecule has 3 heteroatoms. The molecule has 0 fully saturated rings. The van der Waals surface area contributed by atoms with Gasteiger partial charge in [-0.15, -0.1) is 0 Å². The molecule has 1 heterocycles. The summed E-state index contributed by atoms with van der Waals surface area (Å²) >= 11 is 0. The second-order valence-corrected chi connectivity index (χ2v) is 5.60. The summed E-state index contributed by atoms with van der Waals surface area (Å²) in [5.41, 5.74) is 2.38. The molecule has 3 rings (SSSR count). The first-order valence-corrected chi connectivity index (χ1v) is 6.74. The van der Waals surface area contributed by atoms with Crippen LogP contribution in [-0.4, -0.2) is 8.51 Å². The van der Waals surface area contributed by atoms with Crippen LogP contribution in [0.15, 0.2) is 59.5 Å². The first-order valence-electron chi connectivity index (χ1n) is 5.63. The Balaban J connectivity index is 1.83. The maximum Gasteiger partial charge on any atom is 0.128 e. The van der Waals surface area contributed by atoms with Crippen molar-refractivity contribution in [2.45, 2.75) is 18.0 Å². The number of hydrogen-bond donors (Lipinski definition) is 0. The van der Waals surface area contributed by atoms with Gasteiger partial charge in [0.1, 0.15) is 11.0 Å². The van der Waals surface area contributed by atoms with Gasteiger partial charge in [-0.3, -0.25) is 0 Å². The van der Waals surface area contributed by atoms with E-state index in [2.05, 4.69) is 18.2 Å². The molecule has 2 nitrogen and oxygen atoms in total. The molecule has 17 heavy (non-hydrogen) atoms. The molecule has 1 aliphatic rings. The Bertz CT molecular complexity index is 553. The van der Waals surface area contributed by atoms with E-state index in [0.717, 1.165) is 18.0 Å². The van der Waals surface area contributed by atoms with Crippen molar-refractivity contribution in [1.82, 2.24) is 4.31 Å². The molecule has 1 aliphatic heterocycles. The van der Waals surface area contributed by atoms with E-state index in [1.165, 1.54) is 11.1 Å². The second kappa shape index (κ2) is 4.43. The molecule has 86 valence electrons. The van der Waals surface area contributed by atoms with Gasteiger partial charge < -0.3 is 0 Å². The predicted molar refractivity (Wildman–Crippen MR) is 68.5 cm³/mol. The maximum atomic E-state index is 12.2. The van der Waals surface area contributed by atoms with Crippen molar-refractivity contribution in [2.24, 2.45) is 0 Å². The molecule has 0 bridgehead atoms. The van der Waals surface area contributed by atoms with E-state index in [1.54, 1.807) is 0 Å². The summed E-state index contributed by atoms with van der Waals surface area (Å²) in [6.45, 7) is 1.51. The summed E-state index contributed by atoms with van der Waals surface area (Å²) in [5.74, 6) is 0. The van der Waals surface area contributed by atoms with Gasteiger partial charge >= 0.3 is 0 Å². The molecule has 0 aromatic heterocycles. The van der Waals surface area contributed by atoms with Gasteiger partial charge in [0.05, 0.1) is 4.90 Å². The van der Waals surface area contributed by atoms with Gasteiger partial charge in [-0.1, -0.05) is 48.5 Å². The average Bonchev–Trinajstić information content (AvgIpc) is 2.68. The van der Waals surface area contributed by atoms with Crippen LogP contribution in [0.4, 0.5) is 0 Å². The third-order valence-corrected chi connectivity index (χ3v) is 4.45. The molecule has 0 saturated carbocycles. The van der Waals surface area contributed by atoms with Crippen molar-refractivity contribution < 1.29 is 4.21 Å². The van der Waals surface area contributed by atoms with Crippen molar-refractivity contribution in [1.29, 1.82) is 0 Å². The summed E-state index contributed by atoms with van der Waals surface area (Å²) in [6.07, 6.45) is 0. The van der Waals surface area contributed by atoms with Crippen molar-refractivity contribution in [3.8, 4) is 0 Å². The number of hydrogen-bond acceptors (Lipinski definition) is 1. The quantitative estimate of drug-likeness (QED) is 0.794. The number of fused-ring (bicyclic) bond motifs is 1. The number of benzene rings is 2. The summed E-state index contributed by atoms with van der Waals surface area (Å²) in [7, 11) is -1.00. The molecule has 1 atom stereocenters. The van der Waals surface area contributed by atoms with Gasteiger partial charge in [-0.2, -0.15) is 0 Å². The van der Waals surface area contributed by atoms with E-state index in [4.69, 9.17) is 0 Å². The van der Waals surface area contributed by atoms with Crippen molar-refractivity contribution in [3.63, 3.8) is 0 Å². The molecule has 0 aliphatic carbocycles. The predicted octanol–water partition coefficient (Wildman–Crippen LogP) is 2.73. The summed E-state index contributed by atoms with van der Waals surface area (Å²) in [5, 5.41) is 0. The molecule has 0 amide bonds. The highest BCUT2D eigenvalue weighted by atomic mass is 32.2. The molecule has 1 unspecified atom stereocenters. The minimum atomic E-state index is -1.00. The van der Waals surface area contributed by atoms with Crippen LogP contribution in [0.25, 0.3) is 0 Å². The average molecular weight is 243 g/mol. The summed E-state index contributed by atoms with van der Waals surface area (Å²) in [4.78, 5) is 0.962. The van der Waals surface area contributed by atoms with Crippen LogP contribution >= 0.6 is 0 Å². The monoisotopic (exact) mass is 243 g/mol. The van der Waals surface area contributed by atoms with Crippen LogP contribution in [0.2, 0.25) is 0 Å². The van der Waals surface area contributed by atoms with Gasteiger partial charge in [0.15, 0.2) is 0 Å². The third kappa shape index (κ3) is 2.04. The molecule has 0 spiro atoms. The Hall–Kier alpha value is -1.45. The number of nitrogens with zero attached hydrogens (tertiary/aromatic N) is 1. The molecule has 0 N–H and O–H groups in total. The molecule has 0 radical (unpaired) electrons. The fourth-order valence-electron chi connectivity index (χ4n) is 2.09. The van der Waals surface area contributed by atoms with Crippen molar-refractivity contribution >= 4 is 11.0 Å². The van der Waals surface area contributed by atoms with E-state index in [0.29, 0.717) is 0 Å². The van der Waals surface area contributed by atoms with Gasteiger partial charge in [0.2, 0.25) is 0 Å². The van der Waals surface area contributed by atoms with Gasteiger partial charge in [0.25, 0.3) is 0 Å². The zero-order valence-electron chi connectivity index (χ0n) is 9.37. The van der Waals surface area contributed by atoms with Crippen LogP contribution in [0.3, 0.4) is 0 Å². The van der Waals surface area contributed by atoms with Crippen LogP contribution < -0.4 is 0 Å². The molecule has 0 saturated heterocycles. The molecular weight excluding hydrogens is 230 g/mol. The third-order valence-electron chi connectivity index (χ3n) is 2.94. The zero-order chi connectivity index (χ0) is 11.7. The Labute approximate surface area is 103 Å². The maximum absolute atomic E-state index is 12.2. The van der Waals surface area contributed by atoms with Gasteiger partial charge in [-0.25, -0.2) is 8.51 Å². The van der Waals surface area contributed by atoms with E-state index < -0.39 is 11.0 Å². The zero-order valence-corrected chi connectivity index (χ0v) is 10.2. The fraction of sp³-hybridized carbons (Fsp3) is 0.143. The largest absolute Gasteiger partial charge is 0.237 e. The first kappa shape index (κ1) is 10.7. The van der Waals surface area contributed by atoms with E-state index in [9.17, 15) is 4.21 Å². The lowest BCUT2D eigenvalue weighted by Gasteiger charge is -2.13. The van der Waals surface area contributed by atoms with E-state index in [1.807, 2.05) is 40.7 Å². The first-order chi connectivity index (χ1) is 8.34. The highest BCUT2D eigenvalue weighted by molar-refractivity contribution is 7.83. The fourth-order valence-corrected chi connectivity index (χ4v) is 3.45. The van der Waals surface area contributed by atoms with Crippen LogP contribution in [0.5, 0.6) is 0 Å². The van der Waals surface area contributed by atoms with Crippen molar-refractivity contribution in [2.75, 3.05) is 0 Å². The lowest BCUT2D eigenvalue weighted by atomic mass is 10.2. The molecule has 2 aromatic rings. The van der Waals surface area contributed by atoms with Crippen LogP contribution in [-0.2, 0) is 24.1 Å². The minimum Gasteiger partial charge on any atom is -0.237 e. The molecule has 2 aromatic carbocycles. The normalized spacial score (nSPS) is 19.2. The van der Waals surface area contributed by atoms with E-state index >= 15 is 0 Å². The topological polar surface area (TPSA) is 20.3 Å². The second-order valence-electron chi connectivity index (χ2n) is 4.14. The molecular formula is C14H13NOS. The van der Waals surface area contributed by atoms with Crippen LogP contribution in [0.1, 0.15) is 11.1 Å². The summed E-state index contributed by atoms with van der Waals surface area (Å²) < 4.78 is 14.2. The van der Waals surface area contributed by atoms with Gasteiger partial charge in [-0.05, 0) is 17.2 Å². The highest BCUT2D eigenvalue weighted by Crippen LogP contribution is 2.27. The van der Waals surface area contributed by atoms with Crippen molar-refractivity contribution in [3.05, 3.63) is 65.7 Å². The lowest BCUT2D eigenvalue weighted by Crippen LogP contribution is -2.18. The highest BCUT2D eigenvalue weighted by Gasteiger charge is 2.26. The Morgan fingerprint density at radius 1 is 1.00 bits per heavy atom. The lowest BCUT2D eigenvalue weighted by molar-refractivity contribution is 0.451. The number of rotatable bonds is 2. The Morgan fingerprint density at radius 3 is 2.47 bits per heavy atom. The minimum absolute atomic E-state index is 0.738. The Morgan fingerprint density at radius 2 is 1.71 bits per heavy atom. The standard InChI is InChI=1S/C14H13NOS/c16-17-14-9-5-4-8-13(14)11-15(17)10-12-6-2-1-3-7-12/h1-9H,10-11H2. The SMILES string of the molecule is O=S1c2ccccc2CN1Cc1ccccc1. The Kier molecular flexibility index (Phi) is 2.79. The summed E-state index contributed by atoms with van der Waals surface area (Å²) in [6, 6.07) is 18.1.